The summed E-state index contributed by atoms with van der Waals surface area (Å²) in [7, 11) is 0. The van der Waals surface area contributed by atoms with Gasteiger partial charge in [0.2, 0.25) is 0 Å². The number of fused-ring (bicyclic) bond motifs is 6. The Bertz CT molecular complexity index is 2730. The van der Waals surface area contributed by atoms with E-state index in [9.17, 15) is 0 Å². The highest BCUT2D eigenvalue weighted by Crippen LogP contribution is 2.44. The summed E-state index contributed by atoms with van der Waals surface area (Å²) in [6, 6.07) is 46.1. The minimum absolute atomic E-state index is 0.344. The van der Waals surface area contributed by atoms with Crippen LogP contribution in [0, 0.1) is 5.41 Å². The standard InChI is InChI=1S/C49H39N3S/c1-31-13-10-23-43-44(31)40-21-11-22-41(45(40)53-43)47-50-46(51-48(52-47)49(2)28-12-17-36(30-49)32-14-4-3-5-15-32)34-26-24-33(25-27-34)42-29-35-16-6-7-18-37(35)38-19-8-9-20-39(38)42/h3-12,14-29,31,46H,13,30H2,1-2H3,(H,50,51,52). The van der Waals surface area contributed by atoms with Crippen LogP contribution in [-0.2, 0) is 0 Å². The van der Waals surface area contributed by atoms with Gasteiger partial charge in [-0.2, -0.15) is 0 Å². The minimum atomic E-state index is -0.386. The third kappa shape index (κ3) is 5.48. The van der Waals surface area contributed by atoms with Crippen LogP contribution in [0.1, 0.15) is 65.9 Å². The molecule has 3 unspecified atom stereocenters. The summed E-state index contributed by atoms with van der Waals surface area (Å²) in [5, 5.41) is 10.2. The van der Waals surface area contributed by atoms with E-state index in [0.29, 0.717) is 5.92 Å². The van der Waals surface area contributed by atoms with Crippen molar-refractivity contribution in [3.8, 4) is 11.1 Å². The van der Waals surface area contributed by atoms with Crippen LogP contribution < -0.4 is 5.32 Å². The van der Waals surface area contributed by atoms with E-state index < -0.39 is 0 Å². The third-order valence-corrected chi connectivity index (χ3v) is 12.5. The monoisotopic (exact) mass is 701 g/mol. The molecular formula is C49H39N3S. The Morgan fingerprint density at radius 1 is 0.717 bits per heavy atom. The summed E-state index contributed by atoms with van der Waals surface area (Å²) >= 11 is 1.88. The lowest BCUT2D eigenvalue weighted by Gasteiger charge is -2.35. The van der Waals surface area contributed by atoms with Gasteiger partial charge in [0.15, 0.2) is 6.17 Å². The molecule has 1 N–H and O–H groups in total. The fraction of sp³-hybridized carbons (Fsp3) is 0.143. The third-order valence-electron chi connectivity index (χ3n) is 11.3. The largest absolute Gasteiger partial charge is 0.328 e. The number of amidine groups is 2. The van der Waals surface area contributed by atoms with Crippen molar-refractivity contribution in [1.29, 1.82) is 0 Å². The number of hydrogen-bond acceptors (Lipinski definition) is 4. The minimum Gasteiger partial charge on any atom is -0.328 e. The smallest absolute Gasteiger partial charge is 0.169 e. The zero-order valence-corrected chi connectivity index (χ0v) is 30.7. The van der Waals surface area contributed by atoms with Gasteiger partial charge in [0, 0.05) is 20.6 Å². The van der Waals surface area contributed by atoms with Crippen LogP contribution in [0.4, 0.5) is 0 Å². The number of hydrogen-bond donors (Lipinski definition) is 1. The van der Waals surface area contributed by atoms with E-state index in [1.807, 2.05) is 11.3 Å². The highest BCUT2D eigenvalue weighted by molar-refractivity contribution is 7.20. The lowest BCUT2D eigenvalue weighted by molar-refractivity contribution is 0.578. The molecule has 2 heterocycles. The molecule has 0 saturated heterocycles. The van der Waals surface area contributed by atoms with Crippen LogP contribution in [0.25, 0.3) is 54.4 Å². The van der Waals surface area contributed by atoms with Crippen molar-refractivity contribution in [2.24, 2.45) is 15.4 Å². The van der Waals surface area contributed by atoms with Gasteiger partial charge in [-0.25, -0.2) is 9.98 Å². The molecule has 53 heavy (non-hydrogen) atoms. The number of thiophene rings is 1. The molecule has 3 aliphatic rings. The average Bonchev–Trinajstić information content (AvgIpc) is 3.61. The van der Waals surface area contributed by atoms with Crippen LogP contribution in [0.3, 0.4) is 0 Å². The molecule has 0 spiro atoms. The molecule has 7 aromatic rings. The fourth-order valence-electron chi connectivity index (χ4n) is 8.53. The Hall–Kier alpha value is -5.84. The van der Waals surface area contributed by atoms with E-state index >= 15 is 0 Å². The van der Waals surface area contributed by atoms with Gasteiger partial charge in [-0.1, -0.05) is 146 Å². The summed E-state index contributed by atoms with van der Waals surface area (Å²) in [5.41, 5.74) is 8.32. The summed E-state index contributed by atoms with van der Waals surface area (Å²) < 4.78 is 1.29. The highest BCUT2D eigenvalue weighted by Gasteiger charge is 2.35. The van der Waals surface area contributed by atoms with Crippen molar-refractivity contribution in [2.45, 2.75) is 38.8 Å². The maximum absolute atomic E-state index is 5.43. The van der Waals surface area contributed by atoms with Crippen molar-refractivity contribution < 1.29 is 0 Å². The first kappa shape index (κ1) is 31.9. The molecule has 10 rings (SSSR count). The summed E-state index contributed by atoms with van der Waals surface area (Å²) in [4.78, 5) is 12.2. The van der Waals surface area contributed by atoms with Gasteiger partial charge in [0.05, 0.1) is 0 Å². The molecule has 6 aromatic carbocycles. The van der Waals surface area contributed by atoms with Gasteiger partial charge in [0.1, 0.15) is 11.7 Å². The van der Waals surface area contributed by atoms with E-state index in [-0.39, 0.29) is 11.6 Å². The molecule has 4 heteroatoms. The zero-order valence-electron chi connectivity index (χ0n) is 29.9. The summed E-state index contributed by atoms with van der Waals surface area (Å²) in [6.07, 6.45) is 12.9. The van der Waals surface area contributed by atoms with Crippen molar-refractivity contribution in [2.75, 3.05) is 0 Å². The van der Waals surface area contributed by atoms with E-state index in [0.717, 1.165) is 35.6 Å². The second-order valence-corrected chi connectivity index (χ2v) is 15.9. The molecule has 2 aliphatic carbocycles. The Morgan fingerprint density at radius 2 is 1.47 bits per heavy atom. The highest BCUT2D eigenvalue weighted by atomic mass is 32.1. The van der Waals surface area contributed by atoms with Crippen LogP contribution in [0.2, 0.25) is 0 Å². The number of rotatable bonds is 5. The van der Waals surface area contributed by atoms with Crippen LogP contribution >= 0.6 is 11.3 Å². The lowest BCUT2D eigenvalue weighted by Crippen LogP contribution is -2.45. The molecule has 1 aromatic heterocycles. The lowest BCUT2D eigenvalue weighted by atomic mass is 9.76. The van der Waals surface area contributed by atoms with Gasteiger partial charge in [-0.15, -0.1) is 11.3 Å². The number of aliphatic imine (C=N–C) groups is 2. The molecule has 256 valence electrons. The quantitative estimate of drug-likeness (QED) is 0.178. The Labute approximate surface area is 314 Å². The van der Waals surface area contributed by atoms with E-state index in [2.05, 4.69) is 177 Å². The van der Waals surface area contributed by atoms with Crippen LogP contribution in [0.5, 0.6) is 0 Å². The Morgan fingerprint density at radius 3 is 2.32 bits per heavy atom. The Kier molecular flexibility index (Phi) is 7.62. The molecule has 0 saturated carbocycles. The van der Waals surface area contributed by atoms with Gasteiger partial charge in [-0.05, 0) is 104 Å². The maximum Gasteiger partial charge on any atom is 0.169 e. The number of allylic oxidation sites excluding steroid dienone is 4. The topological polar surface area (TPSA) is 36.8 Å². The molecular weight excluding hydrogens is 663 g/mol. The first-order chi connectivity index (χ1) is 26.0. The van der Waals surface area contributed by atoms with Gasteiger partial charge < -0.3 is 5.32 Å². The fourth-order valence-corrected chi connectivity index (χ4v) is 9.90. The molecule has 0 fully saturated rings. The van der Waals surface area contributed by atoms with Crippen molar-refractivity contribution in [3.63, 3.8) is 0 Å². The first-order valence-electron chi connectivity index (χ1n) is 18.6. The second kappa shape index (κ2) is 12.7. The predicted molar refractivity (Wildman–Crippen MR) is 227 cm³/mol. The van der Waals surface area contributed by atoms with E-state index in [1.54, 1.807) is 0 Å². The number of benzene rings is 6. The van der Waals surface area contributed by atoms with Crippen molar-refractivity contribution >= 4 is 66.3 Å². The van der Waals surface area contributed by atoms with Gasteiger partial charge in [-0.3, -0.25) is 0 Å². The molecule has 0 amide bonds. The van der Waals surface area contributed by atoms with Crippen molar-refractivity contribution in [1.82, 2.24) is 5.32 Å². The maximum atomic E-state index is 5.43. The first-order valence-corrected chi connectivity index (χ1v) is 19.4. The summed E-state index contributed by atoms with van der Waals surface area (Å²) in [5.74, 6) is 2.33. The van der Waals surface area contributed by atoms with Crippen molar-refractivity contribution in [3.05, 3.63) is 179 Å². The van der Waals surface area contributed by atoms with Crippen LogP contribution in [0.15, 0.2) is 162 Å². The van der Waals surface area contributed by atoms with Gasteiger partial charge >= 0.3 is 0 Å². The van der Waals surface area contributed by atoms with E-state index in [1.165, 1.54) is 64.3 Å². The average molecular weight is 702 g/mol. The van der Waals surface area contributed by atoms with Crippen LogP contribution in [-0.4, -0.2) is 11.7 Å². The molecule has 3 nitrogen and oxygen atoms in total. The molecule has 0 bridgehead atoms. The SMILES string of the molecule is CC1CC=Cc2sc3c(C4=NC(c5ccc(-c6cc7ccccc7c7ccccc67)cc5)N=C(C5(C)C=CC=C(c6ccccc6)C5)N4)cccc3c21. The normalized spacial score (nSPS) is 20.9. The number of nitrogens with zero attached hydrogens (tertiary/aromatic N) is 2. The van der Waals surface area contributed by atoms with Gasteiger partial charge in [0.25, 0.3) is 0 Å². The molecule has 1 aliphatic heterocycles. The molecule has 3 atom stereocenters. The summed E-state index contributed by atoms with van der Waals surface area (Å²) in [6.45, 7) is 4.65. The Balaban J connectivity index is 1.08. The second-order valence-electron chi connectivity index (χ2n) is 14.9. The number of nitrogens with one attached hydrogen (secondary N) is 1. The van der Waals surface area contributed by atoms with E-state index in [4.69, 9.17) is 9.98 Å². The molecule has 0 radical (unpaired) electrons. The zero-order chi connectivity index (χ0) is 35.5. The predicted octanol–water partition coefficient (Wildman–Crippen LogP) is 12.9.